The molecule has 0 aromatic carbocycles. The number of nitrogens with zero attached hydrogens (tertiary/aromatic N) is 5. The van der Waals surface area contributed by atoms with E-state index in [-0.39, 0.29) is 30.5 Å². The Hall–Kier alpha value is -2.62. The van der Waals surface area contributed by atoms with Crippen LogP contribution >= 0.6 is 0 Å². The van der Waals surface area contributed by atoms with Crippen molar-refractivity contribution in [1.82, 2.24) is 14.5 Å². The maximum Gasteiger partial charge on any atom is 0.409 e. The average Bonchev–Trinajstić information content (AvgIpc) is 3.58. The Morgan fingerprint density at radius 1 is 1.16 bits per heavy atom. The molecule has 2 unspecified atom stereocenters. The van der Waals surface area contributed by atoms with E-state index in [1.165, 1.54) is 16.8 Å². The molecule has 3 aliphatic rings. The Bertz CT molecular complexity index is 1020. The molecule has 4 heterocycles. The van der Waals surface area contributed by atoms with Gasteiger partial charge in [0, 0.05) is 30.8 Å². The Balaban J connectivity index is 1.61. The van der Waals surface area contributed by atoms with Gasteiger partial charge in [-0.1, -0.05) is 0 Å². The highest BCUT2D eigenvalue weighted by Crippen LogP contribution is 2.42. The van der Waals surface area contributed by atoms with Crippen molar-refractivity contribution < 1.29 is 17.9 Å². The van der Waals surface area contributed by atoms with Crippen molar-refractivity contribution >= 4 is 17.5 Å². The molecule has 1 aliphatic carbocycles. The number of pyridine rings is 1. The molecule has 2 aromatic rings. The third kappa shape index (κ3) is 3.77. The fraction of sp³-hybridized carbons (Fsp3) is 0.571. The average molecular weight is 435 g/mol. The Labute approximate surface area is 177 Å². The molecule has 5 rings (SSSR count). The second-order valence-electron chi connectivity index (χ2n) is 8.45. The number of alkyl halides is 3. The fourth-order valence-electron chi connectivity index (χ4n) is 4.38. The third-order valence-corrected chi connectivity index (χ3v) is 6.21. The van der Waals surface area contributed by atoms with Crippen molar-refractivity contribution in [3.8, 4) is 0 Å². The maximum absolute atomic E-state index is 14.0. The minimum absolute atomic E-state index is 0.00994. The van der Waals surface area contributed by atoms with E-state index in [9.17, 15) is 18.0 Å². The van der Waals surface area contributed by atoms with Crippen LogP contribution in [0.15, 0.2) is 29.2 Å². The predicted molar refractivity (Wildman–Crippen MR) is 109 cm³/mol. The summed E-state index contributed by atoms with van der Waals surface area (Å²) in [6.45, 7) is 3.38. The number of hydrogen-bond acceptors (Lipinski definition) is 6. The van der Waals surface area contributed by atoms with Crippen molar-refractivity contribution in [3.05, 3.63) is 40.4 Å². The summed E-state index contributed by atoms with van der Waals surface area (Å²) in [5, 5.41) is 0. The third-order valence-electron chi connectivity index (χ3n) is 6.21. The summed E-state index contributed by atoms with van der Waals surface area (Å²) in [6.07, 6.45) is -1.11. The topological polar surface area (TPSA) is 63.5 Å². The van der Waals surface area contributed by atoms with Gasteiger partial charge in [0.15, 0.2) is 0 Å². The van der Waals surface area contributed by atoms with Gasteiger partial charge in [-0.2, -0.15) is 18.2 Å². The van der Waals surface area contributed by atoms with Crippen molar-refractivity contribution in [2.75, 3.05) is 29.6 Å². The molecule has 0 amide bonds. The minimum Gasteiger partial charge on any atom is -0.377 e. The molecule has 166 valence electrons. The molecule has 1 saturated carbocycles. The number of ether oxygens (including phenoxy) is 1. The van der Waals surface area contributed by atoms with Crippen LogP contribution in [0.1, 0.15) is 37.8 Å². The van der Waals surface area contributed by atoms with Gasteiger partial charge < -0.3 is 9.64 Å². The quantitative estimate of drug-likeness (QED) is 0.738. The summed E-state index contributed by atoms with van der Waals surface area (Å²) in [6, 6.07) is 3.05. The lowest BCUT2D eigenvalue weighted by atomic mass is 10.1. The first-order chi connectivity index (χ1) is 14.8. The summed E-state index contributed by atoms with van der Waals surface area (Å²) < 4.78 is 48.8. The van der Waals surface area contributed by atoms with Crippen molar-refractivity contribution in [1.29, 1.82) is 0 Å². The van der Waals surface area contributed by atoms with Gasteiger partial charge >= 0.3 is 6.18 Å². The van der Waals surface area contributed by atoms with Crippen LogP contribution in [0, 0.1) is 0 Å². The molecule has 7 nitrogen and oxygen atoms in total. The summed E-state index contributed by atoms with van der Waals surface area (Å²) in [5.41, 5.74) is 0.830. The molecule has 0 spiro atoms. The van der Waals surface area contributed by atoms with E-state index in [2.05, 4.69) is 9.97 Å². The molecular weight excluding hydrogens is 411 g/mol. The Kier molecular flexibility index (Phi) is 4.91. The van der Waals surface area contributed by atoms with E-state index in [0.717, 1.165) is 23.4 Å². The van der Waals surface area contributed by atoms with Gasteiger partial charge in [0.1, 0.15) is 11.9 Å². The summed E-state index contributed by atoms with van der Waals surface area (Å²) in [4.78, 5) is 24.9. The normalized spacial score (nSPS) is 24.3. The smallest absolute Gasteiger partial charge is 0.377 e. The lowest BCUT2D eigenvalue weighted by Crippen LogP contribution is -2.51. The summed E-state index contributed by atoms with van der Waals surface area (Å²) in [5.74, 6) is 0.787. The Morgan fingerprint density at radius 3 is 2.61 bits per heavy atom. The zero-order valence-electron chi connectivity index (χ0n) is 17.2. The lowest BCUT2D eigenvalue weighted by molar-refractivity contribution is -0.150. The van der Waals surface area contributed by atoms with Crippen LogP contribution < -0.4 is 15.4 Å². The number of morpholine rings is 1. The molecule has 2 atom stereocenters. The second-order valence-corrected chi connectivity index (χ2v) is 8.45. The molecule has 2 aliphatic heterocycles. The van der Waals surface area contributed by atoms with E-state index < -0.39 is 12.2 Å². The van der Waals surface area contributed by atoms with Gasteiger partial charge in [0.05, 0.1) is 31.1 Å². The van der Waals surface area contributed by atoms with E-state index in [4.69, 9.17) is 4.74 Å². The number of halogens is 3. The highest BCUT2D eigenvalue weighted by atomic mass is 19.4. The highest BCUT2D eigenvalue weighted by molar-refractivity contribution is 5.61. The first-order valence-electron chi connectivity index (χ1n) is 10.6. The van der Waals surface area contributed by atoms with Crippen LogP contribution in [0.25, 0.3) is 0 Å². The van der Waals surface area contributed by atoms with E-state index >= 15 is 0 Å². The Morgan fingerprint density at radius 2 is 1.97 bits per heavy atom. The van der Waals surface area contributed by atoms with Gasteiger partial charge in [-0.25, -0.2) is 0 Å². The molecule has 2 aromatic heterocycles. The van der Waals surface area contributed by atoms with Gasteiger partial charge in [-0.3, -0.25) is 19.2 Å². The molecule has 2 fully saturated rings. The number of hydrogen-bond donors (Lipinski definition) is 0. The number of fused-ring (bicyclic) bond motifs is 1. The molecule has 10 heteroatoms. The number of rotatable bonds is 3. The lowest BCUT2D eigenvalue weighted by Gasteiger charge is -2.40. The van der Waals surface area contributed by atoms with E-state index in [0.29, 0.717) is 37.2 Å². The van der Waals surface area contributed by atoms with Crippen molar-refractivity contribution in [3.63, 3.8) is 0 Å². The summed E-state index contributed by atoms with van der Waals surface area (Å²) >= 11 is 0. The van der Waals surface area contributed by atoms with Crippen LogP contribution in [0.5, 0.6) is 0 Å². The monoisotopic (exact) mass is 435 g/mol. The maximum atomic E-state index is 14.0. The van der Waals surface area contributed by atoms with Crippen molar-refractivity contribution in [2.24, 2.45) is 0 Å². The fourth-order valence-corrected chi connectivity index (χ4v) is 4.38. The largest absolute Gasteiger partial charge is 0.409 e. The molecule has 0 N–H and O–H groups in total. The predicted octanol–water partition coefficient (Wildman–Crippen LogP) is 3.21. The van der Waals surface area contributed by atoms with Crippen LogP contribution in [0.2, 0.25) is 0 Å². The van der Waals surface area contributed by atoms with Crippen LogP contribution in [0.4, 0.5) is 30.6 Å². The van der Waals surface area contributed by atoms with Gasteiger partial charge in [-0.05, 0) is 38.3 Å². The molecule has 1 saturated heterocycles. The van der Waals surface area contributed by atoms with Gasteiger partial charge in [-0.15, -0.1) is 0 Å². The zero-order valence-corrected chi connectivity index (χ0v) is 17.2. The highest BCUT2D eigenvalue weighted by Gasteiger charge is 2.48. The van der Waals surface area contributed by atoms with E-state index in [1.54, 1.807) is 12.1 Å². The molecule has 31 heavy (non-hydrogen) atoms. The van der Waals surface area contributed by atoms with E-state index in [1.807, 2.05) is 11.8 Å². The van der Waals surface area contributed by atoms with Crippen LogP contribution in [0.3, 0.4) is 0 Å². The van der Waals surface area contributed by atoms with Crippen molar-refractivity contribution in [2.45, 2.75) is 56.9 Å². The molecule has 0 bridgehead atoms. The zero-order chi connectivity index (χ0) is 21.8. The second kappa shape index (κ2) is 7.51. The van der Waals surface area contributed by atoms with Gasteiger partial charge in [0.2, 0.25) is 5.95 Å². The first kappa shape index (κ1) is 20.3. The SMILES string of the molecule is CC1COCCN1c1cc(=O)n2c(n1)N(c1ccc(C3CC3)nc1)C(C(F)(F)F)CC2. The number of aromatic nitrogens is 3. The molecule has 0 radical (unpaired) electrons. The molecular formula is C21H24F3N5O2. The first-order valence-corrected chi connectivity index (χ1v) is 10.6. The van der Waals surface area contributed by atoms with Gasteiger partial charge in [0.25, 0.3) is 5.56 Å². The van der Waals surface area contributed by atoms with Crippen LogP contribution in [-0.4, -0.2) is 52.6 Å². The van der Waals surface area contributed by atoms with Crippen LogP contribution in [-0.2, 0) is 11.3 Å². The summed E-state index contributed by atoms with van der Waals surface area (Å²) in [7, 11) is 0. The standard InChI is InChI=1S/C21H24F3N5O2/c1-13-12-31-9-8-27(13)18-10-19(30)28-7-6-17(21(22,23)24)29(20(28)26-18)15-4-5-16(25-11-15)14-2-3-14/h4-5,10-11,13-14,17H,2-3,6-9,12H2,1H3. The minimum atomic E-state index is -4.47. The number of anilines is 3.